The number of aliphatic imine (C=N–C) groups is 1. The highest BCUT2D eigenvalue weighted by atomic mass is 127. The fraction of sp³-hybridized carbons (Fsp3) is 0.412. The molecule has 0 saturated carbocycles. The first-order valence-electron chi connectivity index (χ1n) is 8.00. The number of hydrogen-bond acceptors (Lipinski definition) is 3. The minimum Gasteiger partial charge on any atom is -0.486 e. The van der Waals surface area contributed by atoms with Crippen molar-refractivity contribution in [3.63, 3.8) is 0 Å². The summed E-state index contributed by atoms with van der Waals surface area (Å²) in [4.78, 5) is 8.17. The van der Waals surface area contributed by atoms with Crippen LogP contribution in [0.25, 0.3) is 0 Å². The topological polar surface area (TPSA) is 63.5 Å². The second-order valence-corrected chi connectivity index (χ2v) is 5.39. The molecule has 0 bridgehead atoms. The second-order valence-electron chi connectivity index (χ2n) is 5.39. The fourth-order valence-electron chi connectivity index (χ4n) is 2.15. The van der Waals surface area contributed by atoms with Crippen LogP contribution < -0.4 is 15.4 Å². The maximum atomic E-state index is 13.5. The number of imidazole rings is 1. The van der Waals surface area contributed by atoms with Crippen molar-refractivity contribution in [2.45, 2.75) is 26.0 Å². The van der Waals surface area contributed by atoms with E-state index in [0.717, 1.165) is 19.5 Å². The molecule has 1 heterocycles. The van der Waals surface area contributed by atoms with Crippen molar-refractivity contribution in [2.75, 3.05) is 20.1 Å². The van der Waals surface area contributed by atoms with E-state index in [0.29, 0.717) is 12.5 Å². The third-order valence-corrected chi connectivity index (χ3v) is 3.39. The highest BCUT2D eigenvalue weighted by Crippen LogP contribution is 2.16. The van der Waals surface area contributed by atoms with Crippen molar-refractivity contribution in [3.8, 4) is 5.75 Å². The molecule has 0 amide bonds. The van der Waals surface area contributed by atoms with E-state index in [1.807, 2.05) is 17.7 Å². The second kappa shape index (κ2) is 11.7. The molecule has 6 nitrogen and oxygen atoms in total. The van der Waals surface area contributed by atoms with Gasteiger partial charge in [0.05, 0.1) is 12.9 Å². The molecule has 0 spiro atoms. The number of aromatic nitrogens is 2. The average molecular weight is 461 g/mol. The Balaban J connectivity index is 0.00000312. The largest absolute Gasteiger partial charge is 0.486 e. The normalized spacial score (nSPS) is 12.2. The van der Waals surface area contributed by atoms with Gasteiger partial charge in [0.15, 0.2) is 17.5 Å². The summed E-state index contributed by atoms with van der Waals surface area (Å²) in [5, 5.41) is 6.41. The highest BCUT2D eigenvalue weighted by molar-refractivity contribution is 14.0. The van der Waals surface area contributed by atoms with Crippen molar-refractivity contribution in [1.29, 1.82) is 0 Å². The highest BCUT2D eigenvalue weighted by Gasteiger charge is 2.08. The van der Waals surface area contributed by atoms with Crippen LogP contribution in [0.4, 0.5) is 4.39 Å². The van der Waals surface area contributed by atoms with E-state index in [1.54, 1.807) is 37.8 Å². The predicted molar refractivity (Wildman–Crippen MR) is 108 cm³/mol. The average Bonchev–Trinajstić information content (AvgIpc) is 3.10. The Labute approximate surface area is 164 Å². The lowest BCUT2D eigenvalue weighted by atomic mass is 10.3. The van der Waals surface area contributed by atoms with Crippen LogP contribution in [0.15, 0.2) is 48.0 Å². The fourth-order valence-corrected chi connectivity index (χ4v) is 2.15. The first-order chi connectivity index (χ1) is 11.7. The number of hydrogen-bond donors (Lipinski definition) is 2. The third-order valence-electron chi connectivity index (χ3n) is 3.39. The molecule has 0 fully saturated rings. The quantitative estimate of drug-likeness (QED) is 0.275. The minimum atomic E-state index is -0.355. The van der Waals surface area contributed by atoms with Gasteiger partial charge in [-0.2, -0.15) is 0 Å². The molecule has 2 aromatic rings. The summed E-state index contributed by atoms with van der Waals surface area (Å²) in [5.41, 5.74) is 0. The molecular weight excluding hydrogens is 436 g/mol. The van der Waals surface area contributed by atoms with Gasteiger partial charge in [0.2, 0.25) is 0 Å². The number of benzene rings is 1. The van der Waals surface area contributed by atoms with Crippen LogP contribution in [-0.4, -0.2) is 41.8 Å². The Bertz CT molecular complexity index is 636. The van der Waals surface area contributed by atoms with Crippen molar-refractivity contribution in [3.05, 3.63) is 48.8 Å². The molecule has 0 radical (unpaired) electrons. The molecule has 1 aromatic carbocycles. The van der Waals surface area contributed by atoms with E-state index in [2.05, 4.69) is 20.6 Å². The number of nitrogens with zero attached hydrogens (tertiary/aromatic N) is 3. The van der Waals surface area contributed by atoms with Gasteiger partial charge in [0.25, 0.3) is 0 Å². The van der Waals surface area contributed by atoms with Gasteiger partial charge in [-0.1, -0.05) is 12.1 Å². The van der Waals surface area contributed by atoms with E-state index in [1.165, 1.54) is 6.07 Å². The molecule has 0 aliphatic rings. The SMILES string of the molecule is CN=C(NCCCn1ccnc1)NCC(C)Oc1ccccc1F.I. The van der Waals surface area contributed by atoms with E-state index in [4.69, 9.17) is 4.74 Å². The Morgan fingerprint density at radius 1 is 1.36 bits per heavy atom. The number of halogens is 2. The zero-order valence-electron chi connectivity index (χ0n) is 14.5. The van der Waals surface area contributed by atoms with Crippen LogP contribution in [0.5, 0.6) is 5.75 Å². The first-order valence-corrected chi connectivity index (χ1v) is 8.00. The van der Waals surface area contributed by atoms with Gasteiger partial charge < -0.3 is 19.9 Å². The number of nitrogens with one attached hydrogen (secondary N) is 2. The molecule has 2 rings (SSSR count). The van der Waals surface area contributed by atoms with Gasteiger partial charge >= 0.3 is 0 Å². The summed E-state index contributed by atoms with van der Waals surface area (Å²) in [7, 11) is 1.72. The molecular formula is C17H25FIN5O. The predicted octanol–water partition coefficient (Wildman–Crippen LogP) is 2.66. The van der Waals surface area contributed by atoms with E-state index in [9.17, 15) is 4.39 Å². The summed E-state index contributed by atoms with van der Waals surface area (Å²) in [5.74, 6) is 0.603. The molecule has 0 aliphatic heterocycles. The monoisotopic (exact) mass is 461 g/mol. The molecule has 25 heavy (non-hydrogen) atoms. The Kier molecular flexibility index (Phi) is 9.90. The van der Waals surface area contributed by atoms with Gasteiger partial charge in [-0.25, -0.2) is 9.37 Å². The van der Waals surface area contributed by atoms with Gasteiger partial charge in [-0.05, 0) is 25.5 Å². The molecule has 0 saturated heterocycles. The van der Waals surface area contributed by atoms with E-state index >= 15 is 0 Å². The third kappa shape index (κ3) is 7.72. The zero-order chi connectivity index (χ0) is 17.2. The van der Waals surface area contributed by atoms with Gasteiger partial charge in [-0.15, -0.1) is 24.0 Å². The van der Waals surface area contributed by atoms with E-state index in [-0.39, 0.29) is 41.6 Å². The Hall–Kier alpha value is -1.84. The van der Waals surface area contributed by atoms with Crippen molar-refractivity contribution in [1.82, 2.24) is 20.2 Å². The number of guanidine groups is 1. The summed E-state index contributed by atoms with van der Waals surface area (Å²) >= 11 is 0. The summed E-state index contributed by atoms with van der Waals surface area (Å²) in [6.07, 6.45) is 6.28. The Morgan fingerprint density at radius 2 is 2.16 bits per heavy atom. The maximum absolute atomic E-state index is 13.5. The lowest BCUT2D eigenvalue weighted by molar-refractivity contribution is 0.214. The van der Waals surface area contributed by atoms with Crippen LogP contribution in [0, 0.1) is 5.82 Å². The van der Waals surface area contributed by atoms with Gasteiger partial charge in [0, 0.05) is 32.5 Å². The zero-order valence-corrected chi connectivity index (χ0v) is 16.8. The molecule has 1 aromatic heterocycles. The number of aryl methyl sites for hydroxylation is 1. The number of ether oxygens (including phenoxy) is 1. The number of rotatable bonds is 8. The van der Waals surface area contributed by atoms with Crippen molar-refractivity contribution < 1.29 is 9.13 Å². The summed E-state index contributed by atoms with van der Waals surface area (Å²) in [6, 6.07) is 6.39. The standard InChI is InChI=1S/C17H24FN5O.HI/c1-14(24-16-7-4-3-6-15(16)18)12-22-17(19-2)21-8-5-10-23-11-9-20-13-23;/h3-4,6-7,9,11,13-14H,5,8,10,12H2,1-2H3,(H2,19,21,22);1H. The molecule has 2 N–H and O–H groups in total. The van der Waals surface area contributed by atoms with Crippen molar-refractivity contribution in [2.24, 2.45) is 4.99 Å². The lowest BCUT2D eigenvalue weighted by Crippen LogP contribution is -2.42. The van der Waals surface area contributed by atoms with Crippen LogP contribution in [-0.2, 0) is 6.54 Å². The van der Waals surface area contributed by atoms with Gasteiger partial charge in [0.1, 0.15) is 6.10 Å². The smallest absolute Gasteiger partial charge is 0.191 e. The molecule has 1 unspecified atom stereocenters. The molecule has 138 valence electrons. The summed E-state index contributed by atoms with van der Waals surface area (Å²) in [6.45, 7) is 4.10. The van der Waals surface area contributed by atoms with Crippen LogP contribution >= 0.6 is 24.0 Å². The van der Waals surface area contributed by atoms with Crippen molar-refractivity contribution >= 4 is 29.9 Å². The van der Waals surface area contributed by atoms with Crippen LogP contribution in [0.1, 0.15) is 13.3 Å². The Morgan fingerprint density at radius 3 is 2.84 bits per heavy atom. The van der Waals surface area contributed by atoms with Crippen LogP contribution in [0.2, 0.25) is 0 Å². The number of para-hydroxylation sites is 1. The first kappa shape index (κ1) is 21.2. The van der Waals surface area contributed by atoms with Crippen LogP contribution in [0.3, 0.4) is 0 Å². The molecule has 0 aliphatic carbocycles. The minimum absolute atomic E-state index is 0. The molecule has 1 atom stereocenters. The summed E-state index contributed by atoms with van der Waals surface area (Å²) < 4.78 is 21.2. The maximum Gasteiger partial charge on any atom is 0.191 e. The van der Waals surface area contributed by atoms with Gasteiger partial charge in [-0.3, -0.25) is 4.99 Å². The van der Waals surface area contributed by atoms with E-state index < -0.39 is 0 Å². The lowest BCUT2D eigenvalue weighted by Gasteiger charge is -2.18. The molecule has 8 heteroatoms.